The lowest BCUT2D eigenvalue weighted by Crippen LogP contribution is -2.56. The molecule has 0 radical (unpaired) electrons. The minimum absolute atomic E-state index is 0.595. The molecule has 0 aromatic heterocycles. The van der Waals surface area contributed by atoms with E-state index < -0.39 is 0 Å². The van der Waals surface area contributed by atoms with Crippen molar-refractivity contribution in [3.63, 3.8) is 0 Å². The molecule has 0 aliphatic heterocycles. The van der Waals surface area contributed by atoms with E-state index in [1.807, 2.05) is 0 Å². The summed E-state index contributed by atoms with van der Waals surface area (Å²) in [5.74, 6) is 2.97. The van der Waals surface area contributed by atoms with Gasteiger partial charge in [-0.1, -0.05) is 47.5 Å². The second kappa shape index (κ2) is 4.25. The fourth-order valence-corrected chi connectivity index (χ4v) is 7.02. The van der Waals surface area contributed by atoms with E-state index in [0.29, 0.717) is 16.2 Å². The van der Waals surface area contributed by atoms with Gasteiger partial charge in [0, 0.05) is 0 Å². The van der Waals surface area contributed by atoms with Gasteiger partial charge in [0.1, 0.15) is 0 Å². The van der Waals surface area contributed by atoms with E-state index in [-0.39, 0.29) is 0 Å². The van der Waals surface area contributed by atoms with Crippen LogP contribution in [-0.2, 0) is 0 Å². The highest BCUT2D eigenvalue weighted by molar-refractivity contribution is 5.08. The molecule has 0 nitrogen and oxygen atoms in total. The van der Waals surface area contributed by atoms with E-state index in [0.717, 1.165) is 17.8 Å². The van der Waals surface area contributed by atoms with Crippen LogP contribution in [0.3, 0.4) is 0 Å². The first-order chi connectivity index (χ1) is 8.78. The maximum Gasteiger partial charge on any atom is -0.0259 e. The molecule has 0 aromatic rings. The Morgan fingerprint density at radius 3 is 2.26 bits per heavy atom. The van der Waals surface area contributed by atoms with E-state index in [1.54, 1.807) is 0 Å². The molecule has 0 heteroatoms. The Hall–Kier alpha value is 0. The third-order valence-electron chi connectivity index (χ3n) is 7.68. The van der Waals surface area contributed by atoms with Crippen molar-refractivity contribution in [1.29, 1.82) is 0 Å². The van der Waals surface area contributed by atoms with Gasteiger partial charge in [0.15, 0.2) is 0 Å². The maximum absolute atomic E-state index is 2.68. The van der Waals surface area contributed by atoms with Crippen molar-refractivity contribution in [2.24, 2.45) is 34.0 Å². The predicted octanol–water partition coefficient (Wildman–Crippen LogP) is 6.06. The summed E-state index contributed by atoms with van der Waals surface area (Å²) in [6.45, 7) is 12.9. The minimum atomic E-state index is 0.595. The molecule has 3 aliphatic rings. The monoisotopic (exact) mass is 262 g/mol. The summed E-state index contributed by atoms with van der Waals surface area (Å²) in [6.07, 6.45) is 12.0. The molecule has 3 aliphatic carbocycles. The van der Waals surface area contributed by atoms with Crippen LogP contribution in [0.2, 0.25) is 0 Å². The Balaban J connectivity index is 1.94. The molecule has 0 heterocycles. The summed E-state index contributed by atoms with van der Waals surface area (Å²) in [5.41, 5.74) is 1.91. The van der Waals surface area contributed by atoms with Gasteiger partial charge in [0.2, 0.25) is 0 Å². The molecule has 0 aromatic carbocycles. The van der Waals surface area contributed by atoms with Gasteiger partial charge in [0.25, 0.3) is 0 Å². The highest BCUT2D eigenvalue weighted by Gasteiger charge is 2.58. The van der Waals surface area contributed by atoms with E-state index in [1.165, 1.54) is 51.4 Å². The van der Waals surface area contributed by atoms with Crippen LogP contribution >= 0.6 is 0 Å². The lowest BCUT2D eigenvalue weighted by atomic mass is 9.40. The molecule has 0 amide bonds. The summed E-state index contributed by atoms with van der Waals surface area (Å²) in [6, 6.07) is 0. The van der Waals surface area contributed by atoms with Crippen LogP contribution in [-0.4, -0.2) is 0 Å². The quantitative estimate of drug-likeness (QED) is 0.498. The Bertz CT molecular complexity index is 355. The first-order valence-electron chi connectivity index (χ1n) is 8.78. The molecule has 0 unspecified atom stereocenters. The number of hydrogen-bond donors (Lipinski definition) is 0. The fraction of sp³-hybridized carbons (Fsp3) is 1.00. The number of rotatable bonds is 0. The third kappa shape index (κ3) is 2.00. The largest absolute Gasteiger partial charge is 0.0625 e. The standard InChI is InChI=1S/C19H34/c1-14-7-8-16-18(4,13-14)12-9-15-17(2,3)10-6-11-19(15,16)5/h14-16H,6-13H2,1-5H3/t14-,15+,16+,18-,19-/m0/s1. The molecule has 110 valence electrons. The zero-order valence-corrected chi connectivity index (χ0v) is 13.9. The SMILES string of the molecule is C[C@H]1CC[C@@H]2[C@@](C)(CC[C@@H]3C(C)(C)CCC[C@@]32C)C1. The summed E-state index contributed by atoms with van der Waals surface area (Å²) in [5, 5.41) is 0. The van der Waals surface area contributed by atoms with Crippen molar-refractivity contribution >= 4 is 0 Å². The highest BCUT2D eigenvalue weighted by Crippen LogP contribution is 2.67. The van der Waals surface area contributed by atoms with Gasteiger partial charge in [-0.05, 0) is 72.5 Å². The van der Waals surface area contributed by atoms with E-state index >= 15 is 0 Å². The van der Waals surface area contributed by atoms with Gasteiger partial charge < -0.3 is 0 Å². The second-order valence-corrected chi connectivity index (χ2v) is 9.53. The number of hydrogen-bond acceptors (Lipinski definition) is 0. The van der Waals surface area contributed by atoms with Gasteiger partial charge in [0.05, 0.1) is 0 Å². The normalized spacial score (nSPS) is 53.2. The van der Waals surface area contributed by atoms with Crippen LogP contribution in [0.1, 0.15) is 86.0 Å². The van der Waals surface area contributed by atoms with Gasteiger partial charge >= 0.3 is 0 Å². The van der Waals surface area contributed by atoms with Crippen LogP contribution in [0.4, 0.5) is 0 Å². The molecule has 0 N–H and O–H groups in total. The fourth-order valence-electron chi connectivity index (χ4n) is 7.02. The predicted molar refractivity (Wildman–Crippen MR) is 83.1 cm³/mol. The summed E-state index contributed by atoms with van der Waals surface area (Å²) >= 11 is 0. The molecule has 3 rings (SSSR count). The summed E-state index contributed by atoms with van der Waals surface area (Å²) in [7, 11) is 0. The topological polar surface area (TPSA) is 0 Å². The summed E-state index contributed by atoms with van der Waals surface area (Å²) in [4.78, 5) is 0. The smallest absolute Gasteiger partial charge is 0.0259 e. The summed E-state index contributed by atoms with van der Waals surface area (Å²) < 4.78 is 0. The first-order valence-corrected chi connectivity index (χ1v) is 8.78. The Morgan fingerprint density at radius 1 is 0.789 bits per heavy atom. The van der Waals surface area contributed by atoms with Crippen molar-refractivity contribution < 1.29 is 0 Å². The molecule has 3 saturated carbocycles. The van der Waals surface area contributed by atoms with E-state index in [4.69, 9.17) is 0 Å². The van der Waals surface area contributed by atoms with Crippen LogP contribution in [0.25, 0.3) is 0 Å². The lowest BCUT2D eigenvalue weighted by molar-refractivity contribution is -0.149. The molecule has 3 fully saturated rings. The van der Waals surface area contributed by atoms with E-state index in [9.17, 15) is 0 Å². The Labute approximate surface area is 120 Å². The molecule has 0 spiro atoms. The van der Waals surface area contributed by atoms with Crippen molar-refractivity contribution in [1.82, 2.24) is 0 Å². The number of fused-ring (bicyclic) bond motifs is 3. The van der Waals surface area contributed by atoms with Crippen LogP contribution in [0, 0.1) is 34.0 Å². The minimum Gasteiger partial charge on any atom is -0.0625 e. The molecule has 5 atom stereocenters. The third-order valence-corrected chi connectivity index (χ3v) is 7.68. The zero-order chi connectivity index (χ0) is 13.9. The van der Waals surface area contributed by atoms with E-state index in [2.05, 4.69) is 34.6 Å². The van der Waals surface area contributed by atoms with Crippen LogP contribution < -0.4 is 0 Å². The molecule has 0 bridgehead atoms. The Kier molecular flexibility index (Phi) is 3.12. The zero-order valence-electron chi connectivity index (χ0n) is 13.9. The lowest BCUT2D eigenvalue weighted by Gasteiger charge is -2.64. The average Bonchev–Trinajstić information content (AvgIpc) is 2.25. The van der Waals surface area contributed by atoms with Crippen LogP contribution in [0.5, 0.6) is 0 Å². The molecular formula is C19H34. The average molecular weight is 262 g/mol. The molecule has 19 heavy (non-hydrogen) atoms. The van der Waals surface area contributed by atoms with Crippen LogP contribution in [0.15, 0.2) is 0 Å². The van der Waals surface area contributed by atoms with Gasteiger partial charge in [-0.15, -0.1) is 0 Å². The van der Waals surface area contributed by atoms with Crippen molar-refractivity contribution in [3.8, 4) is 0 Å². The van der Waals surface area contributed by atoms with Gasteiger partial charge in [-0.2, -0.15) is 0 Å². The molecule has 0 saturated heterocycles. The maximum atomic E-state index is 2.68. The highest BCUT2D eigenvalue weighted by atomic mass is 14.6. The second-order valence-electron chi connectivity index (χ2n) is 9.53. The Morgan fingerprint density at radius 2 is 1.53 bits per heavy atom. The first kappa shape index (κ1) is 14.0. The van der Waals surface area contributed by atoms with Crippen molar-refractivity contribution in [2.45, 2.75) is 86.0 Å². The molecular weight excluding hydrogens is 228 g/mol. The van der Waals surface area contributed by atoms with Crippen molar-refractivity contribution in [3.05, 3.63) is 0 Å². The van der Waals surface area contributed by atoms with Gasteiger partial charge in [-0.3, -0.25) is 0 Å². The van der Waals surface area contributed by atoms with Gasteiger partial charge in [-0.25, -0.2) is 0 Å². The van der Waals surface area contributed by atoms with Crippen molar-refractivity contribution in [2.75, 3.05) is 0 Å².